The van der Waals surface area contributed by atoms with E-state index in [4.69, 9.17) is 9.47 Å². The summed E-state index contributed by atoms with van der Waals surface area (Å²) in [7, 11) is 2.96. The van der Waals surface area contributed by atoms with E-state index in [9.17, 15) is 9.59 Å². The van der Waals surface area contributed by atoms with E-state index in [1.807, 2.05) is 0 Å². The smallest absolute Gasteiger partial charge is 0.306 e. The maximum atomic E-state index is 12.5. The quantitative estimate of drug-likeness (QED) is 0.344. The minimum Gasteiger partial charge on any atom is -0.469 e. The molecule has 3 aliphatic carbocycles. The lowest BCUT2D eigenvalue weighted by atomic mass is 9.45. The fourth-order valence-corrected chi connectivity index (χ4v) is 8.84. The zero-order chi connectivity index (χ0) is 24.4. The van der Waals surface area contributed by atoms with E-state index < -0.39 is 0 Å². The van der Waals surface area contributed by atoms with Gasteiger partial charge in [0.15, 0.2) is 0 Å². The summed E-state index contributed by atoms with van der Waals surface area (Å²) in [5.41, 5.74) is 0.242. The Morgan fingerprint density at radius 2 is 1.58 bits per heavy atom. The van der Waals surface area contributed by atoms with Crippen LogP contribution in [-0.2, 0) is 19.1 Å². The van der Waals surface area contributed by atoms with Crippen LogP contribution in [0.4, 0.5) is 0 Å². The number of methoxy groups -OCH3 is 2. The summed E-state index contributed by atoms with van der Waals surface area (Å²) in [5.74, 6) is 4.26. The fraction of sp³-hybridized carbons (Fsp3) is 0.931. The number of carbonyl (C=O) groups excluding carboxylic acids is 2. The largest absolute Gasteiger partial charge is 0.469 e. The lowest BCUT2D eigenvalue weighted by molar-refractivity contribution is -0.159. The highest BCUT2D eigenvalue weighted by Crippen LogP contribution is 2.67. The second kappa shape index (κ2) is 10.7. The van der Waals surface area contributed by atoms with Gasteiger partial charge in [0, 0.05) is 6.42 Å². The predicted octanol–water partition coefficient (Wildman–Crippen LogP) is 7.05. The van der Waals surface area contributed by atoms with Gasteiger partial charge in [-0.15, -0.1) is 0 Å². The van der Waals surface area contributed by atoms with E-state index in [0.29, 0.717) is 30.1 Å². The van der Waals surface area contributed by atoms with Gasteiger partial charge in [0.25, 0.3) is 0 Å². The second-order valence-electron chi connectivity index (χ2n) is 12.7. The highest BCUT2D eigenvalue weighted by atomic mass is 16.5. The predicted molar refractivity (Wildman–Crippen MR) is 132 cm³/mol. The van der Waals surface area contributed by atoms with Crippen molar-refractivity contribution in [2.24, 2.45) is 52.3 Å². The van der Waals surface area contributed by atoms with Crippen molar-refractivity contribution in [3.8, 4) is 0 Å². The Morgan fingerprint density at radius 1 is 0.879 bits per heavy atom. The van der Waals surface area contributed by atoms with E-state index >= 15 is 0 Å². The molecule has 0 saturated heterocycles. The Morgan fingerprint density at radius 3 is 2.21 bits per heavy atom. The van der Waals surface area contributed by atoms with Gasteiger partial charge < -0.3 is 9.47 Å². The summed E-state index contributed by atoms with van der Waals surface area (Å²) in [5, 5.41) is 0. The first kappa shape index (κ1) is 26.5. The minimum absolute atomic E-state index is 0.135. The Kier molecular flexibility index (Phi) is 8.60. The van der Waals surface area contributed by atoms with Crippen LogP contribution in [0.2, 0.25) is 0 Å². The van der Waals surface area contributed by atoms with E-state index in [0.717, 1.165) is 30.1 Å². The fourth-order valence-electron chi connectivity index (χ4n) is 8.84. The summed E-state index contributed by atoms with van der Waals surface area (Å²) >= 11 is 0. The first-order valence-electron chi connectivity index (χ1n) is 13.7. The molecule has 0 heterocycles. The summed E-state index contributed by atoms with van der Waals surface area (Å²) in [6.07, 6.45) is 12.3. The molecule has 3 saturated carbocycles. The van der Waals surface area contributed by atoms with Gasteiger partial charge in [-0.25, -0.2) is 0 Å². The van der Waals surface area contributed by atoms with Crippen molar-refractivity contribution in [1.82, 2.24) is 0 Å². The number of esters is 2. The third kappa shape index (κ3) is 5.30. The van der Waals surface area contributed by atoms with Gasteiger partial charge in [0.05, 0.1) is 20.6 Å². The van der Waals surface area contributed by atoms with Gasteiger partial charge in [0.1, 0.15) is 0 Å². The molecule has 8 atom stereocenters. The molecular formula is C29H50O4. The molecule has 0 bridgehead atoms. The molecule has 0 spiro atoms. The summed E-state index contributed by atoms with van der Waals surface area (Å²) < 4.78 is 10.2. The molecule has 0 aromatic carbocycles. The van der Waals surface area contributed by atoms with Crippen LogP contribution in [-0.4, -0.2) is 26.2 Å². The van der Waals surface area contributed by atoms with E-state index in [1.165, 1.54) is 65.6 Å². The Hall–Kier alpha value is -1.06. The molecule has 3 rings (SSSR count). The second-order valence-corrected chi connectivity index (χ2v) is 12.7. The van der Waals surface area contributed by atoms with Crippen LogP contribution >= 0.6 is 0 Å². The highest BCUT2D eigenvalue weighted by molar-refractivity contribution is 5.71. The van der Waals surface area contributed by atoms with Crippen molar-refractivity contribution < 1.29 is 19.1 Å². The third-order valence-electron chi connectivity index (χ3n) is 10.7. The van der Waals surface area contributed by atoms with Crippen molar-refractivity contribution in [3.05, 3.63) is 0 Å². The van der Waals surface area contributed by atoms with Crippen LogP contribution in [0.25, 0.3) is 0 Å². The molecule has 0 aromatic rings. The summed E-state index contributed by atoms with van der Waals surface area (Å²) in [6, 6.07) is 0. The van der Waals surface area contributed by atoms with Crippen LogP contribution in [0.3, 0.4) is 0 Å². The van der Waals surface area contributed by atoms with Crippen molar-refractivity contribution >= 4 is 11.9 Å². The molecule has 0 aromatic heterocycles. The van der Waals surface area contributed by atoms with Crippen LogP contribution in [0, 0.1) is 52.3 Å². The van der Waals surface area contributed by atoms with Gasteiger partial charge in [-0.2, -0.15) is 0 Å². The van der Waals surface area contributed by atoms with E-state index in [2.05, 4.69) is 34.6 Å². The number of fused-ring (bicyclic) bond motifs is 3. The number of hydrogen-bond acceptors (Lipinski definition) is 4. The first-order valence-corrected chi connectivity index (χ1v) is 13.7. The number of ether oxygens (including phenoxy) is 2. The van der Waals surface area contributed by atoms with Gasteiger partial charge in [-0.1, -0.05) is 53.9 Å². The standard InChI is InChI=1S/C29H50O4/c1-19(2)9-8-10-20(3)23-13-14-24-22-12-11-21(17-26(30)32-6)29(5,18-27(31)33-7)25(22)15-16-28(23,24)4/h19-25H,8-18H2,1-7H3/t20-,21+,22-,23+,24-,25-,28-,29-/m1/s1. The number of hydrogen-bond donors (Lipinski definition) is 0. The normalized spacial score (nSPS) is 39.0. The van der Waals surface area contributed by atoms with E-state index in [-0.39, 0.29) is 23.3 Å². The van der Waals surface area contributed by atoms with E-state index in [1.54, 1.807) is 0 Å². The van der Waals surface area contributed by atoms with Gasteiger partial charge >= 0.3 is 11.9 Å². The monoisotopic (exact) mass is 462 g/mol. The molecule has 33 heavy (non-hydrogen) atoms. The van der Waals surface area contributed by atoms with Crippen LogP contribution in [0.5, 0.6) is 0 Å². The molecule has 4 nitrogen and oxygen atoms in total. The lowest BCUT2D eigenvalue weighted by Crippen LogP contribution is -2.53. The van der Waals surface area contributed by atoms with Crippen molar-refractivity contribution in [3.63, 3.8) is 0 Å². The number of carbonyl (C=O) groups is 2. The van der Waals surface area contributed by atoms with Crippen molar-refractivity contribution in [2.75, 3.05) is 14.2 Å². The van der Waals surface area contributed by atoms with Gasteiger partial charge in [-0.3, -0.25) is 9.59 Å². The zero-order valence-corrected chi connectivity index (χ0v) is 22.5. The van der Waals surface area contributed by atoms with Crippen LogP contribution in [0.15, 0.2) is 0 Å². The molecule has 0 amide bonds. The summed E-state index contributed by atoms with van der Waals surface area (Å²) in [4.78, 5) is 24.7. The number of rotatable bonds is 9. The molecule has 0 aliphatic heterocycles. The zero-order valence-electron chi connectivity index (χ0n) is 22.5. The molecule has 0 radical (unpaired) electrons. The van der Waals surface area contributed by atoms with Crippen LogP contribution < -0.4 is 0 Å². The Bertz CT molecular complexity index is 687. The highest BCUT2D eigenvalue weighted by Gasteiger charge is 2.60. The molecule has 190 valence electrons. The maximum absolute atomic E-state index is 12.5. The molecule has 3 fully saturated rings. The molecule has 0 N–H and O–H groups in total. The molecule has 0 unspecified atom stereocenters. The summed E-state index contributed by atoms with van der Waals surface area (Å²) in [6.45, 7) is 12.1. The molecular weight excluding hydrogens is 412 g/mol. The average molecular weight is 463 g/mol. The van der Waals surface area contributed by atoms with Gasteiger partial charge in [-0.05, 0) is 90.8 Å². The topological polar surface area (TPSA) is 52.6 Å². The first-order chi connectivity index (χ1) is 15.6. The lowest BCUT2D eigenvalue weighted by Gasteiger charge is -2.59. The van der Waals surface area contributed by atoms with Crippen LogP contribution in [0.1, 0.15) is 105 Å². The average Bonchev–Trinajstić information content (AvgIpc) is 3.12. The maximum Gasteiger partial charge on any atom is 0.306 e. The molecule has 4 heteroatoms. The van der Waals surface area contributed by atoms with Crippen molar-refractivity contribution in [1.29, 1.82) is 0 Å². The Balaban J connectivity index is 1.79. The third-order valence-corrected chi connectivity index (χ3v) is 10.7. The minimum atomic E-state index is -0.188. The molecule has 3 aliphatic rings. The van der Waals surface area contributed by atoms with Gasteiger partial charge in [0.2, 0.25) is 0 Å². The Labute approximate surface area is 202 Å². The SMILES string of the molecule is COC(=O)C[C@@H]1CC[C@@H]2[C@H]3CC[C@@H]([C@H](C)CCCC(C)C)[C@@]3(C)CC[C@H]2[C@]1(C)CC(=O)OC. The van der Waals surface area contributed by atoms with Crippen molar-refractivity contribution in [2.45, 2.75) is 105 Å².